The Balaban J connectivity index is 2.14. The molecule has 0 aromatic heterocycles. The van der Waals surface area contributed by atoms with Gasteiger partial charge in [-0.1, -0.05) is 24.3 Å². The van der Waals surface area contributed by atoms with Gasteiger partial charge in [-0.15, -0.1) is 0 Å². The number of piperidine rings is 1. The second-order valence-electron chi connectivity index (χ2n) is 5.63. The van der Waals surface area contributed by atoms with Gasteiger partial charge in [-0.3, -0.25) is 0 Å². The number of nitrogens with one attached hydrogen (secondary N) is 1. The number of rotatable bonds is 3. The van der Waals surface area contributed by atoms with Crippen LogP contribution in [0.1, 0.15) is 37.8 Å². The van der Waals surface area contributed by atoms with Crippen LogP contribution < -0.4 is 5.32 Å². The van der Waals surface area contributed by atoms with Crippen molar-refractivity contribution in [1.29, 1.82) is 0 Å². The molecule has 1 heterocycles. The lowest BCUT2D eigenvalue weighted by Gasteiger charge is -2.26. The predicted octanol–water partition coefficient (Wildman–Crippen LogP) is 2.46. The molecule has 0 spiro atoms. The van der Waals surface area contributed by atoms with Crippen molar-refractivity contribution in [3.05, 3.63) is 35.4 Å². The maximum atomic E-state index is 10.2. The van der Waals surface area contributed by atoms with E-state index in [9.17, 15) is 5.11 Å². The quantitative estimate of drug-likeness (QED) is 0.840. The van der Waals surface area contributed by atoms with Crippen LogP contribution >= 0.6 is 0 Å². The van der Waals surface area contributed by atoms with E-state index in [1.54, 1.807) is 0 Å². The first kappa shape index (κ1) is 12.6. The Kier molecular flexibility index (Phi) is 3.85. The first-order valence-corrected chi connectivity index (χ1v) is 6.59. The van der Waals surface area contributed by atoms with Gasteiger partial charge >= 0.3 is 0 Å². The number of aliphatic hydroxyl groups is 1. The Labute approximate surface area is 104 Å². The fourth-order valence-electron chi connectivity index (χ4n) is 2.70. The molecule has 1 fully saturated rings. The van der Waals surface area contributed by atoms with Crippen molar-refractivity contribution in [3.8, 4) is 0 Å². The molecule has 0 radical (unpaired) electrons. The van der Waals surface area contributed by atoms with Crippen LogP contribution in [-0.2, 0) is 12.0 Å². The SMILES string of the molecule is CC(C)(O)c1ccccc1CC1CCCNC1. The van der Waals surface area contributed by atoms with Crippen LogP contribution in [0.3, 0.4) is 0 Å². The van der Waals surface area contributed by atoms with Crippen LogP contribution in [0.15, 0.2) is 24.3 Å². The van der Waals surface area contributed by atoms with E-state index in [-0.39, 0.29) is 0 Å². The Hall–Kier alpha value is -0.860. The molecule has 1 saturated heterocycles. The zero-order valence-electron chi connectivity index (χ0n) is 10.9. The van der Waals surface area contributed by atoms with E-state index in [2.05, 4.69) is 17.4 Å². The summed E-state index contributed by atoms with van der Waals surface area (Å²) in [5.74, 6) is 0.715. The van der Waals surface area contributed by atoms with Gasteiger partial charge in [0.2, 0.25) is 0 Å². The van der Waals surface area contributed by atoms with Gasteiger partial charge in [-0.2, -0.15) is 0 Å². The number of hydrogen-bond donors (Lipinski definition) is 2. The van der Waals surface area contributed by atoms with Crippen molar-refractivity contribution in [1.82, 2.24) is 5.32 Å². The normalized spacial score (nSPS) is 21.5. The molecule has 0 saturated carbocycles. The summed E-state index contributed by atoms with van der Waals surface area (Å²) < 4.78 is 0. The molecular weight excluding hydrogens is 210 g/mol. The molecule has 0 bridgehead atoms. The molecule has 1 aromatic rings. The molecule has 1 aliphatic heterocycles. The van der Waals surface area contributed by atoms with Gasteiger partial charge in [0.25, 0.3) is 0 Å². The Morgan fingerprint density at radius 2 is 2.12 bits per heavy atom. The average molecular weight is 233 g/mol. The molecule has 2 N–H and O–H groups in total. The Morgan fingerprint density at radius 1 is 1.35 bits per heavy atom. The summed E-state index contributed by atoms with van der Waals surface area (Å²) in [6, 6.07) is 8.28. The topological polar surface area (TPSA) is 32.3 Å². The molecule has 1 aliphatic rings. The van der Waals surface area contributed by atoms with E-state index in [0.717, 1.165) is 25.1 Å². The van der Waals surface area contributed by atoms with Crippen molar-refractivity contribution in [2.45, 2.75) is 38.7 Å². The summed E-state index contributed by atoms with van der Waals surface area (Å²) in [5.41, 5.74) is 1.64. The molecule has 94 valence electrons. The first-order valence-electron chi connectivity index (χ1n) is 6.59. The smallest absolute Gasteiger partial charge is 0.0843 e. The van der Waals surface area contributed by atoms with Gasteiger partial charge in [-0.25, -0.2) is 0 Å². The molecule has 2 nitrogen and oxygen atoms in total. The van der Waals surface area contributed by atoms with Gasteiger partial charge in [0, 0.05) is 0 Å². The van der Waals surface area contributed by atoms with Gasteiger partial charge < -0.3 is 10.4 Å². The second-order valence-corrected chi connectivity index (χ2v) is 5.63. The summed E-state index contributed by atoms with van der Waals surface area (Å²) in [4.78, 5) is 0. The largest absolute Gasteiger partial charge is 0.386 e. The van der Waals surface area contributed by atoms with E-state index in [1.807, 2.05) is 26.0 Å². The maximum absolute atomic E-state index is 10.2. The van der Waals surface area contributed by atoms with Crippen molar-refractivity contribution < 1.29 is 5.11 Å². The third-order valence-electron chi connectivity index (χ3n) is 3.58. The van der Waals surface area contributed by atoms with E-state index >= 15 is 0 Å². The number of benzene rings is 1. The fraction of sp³-hybridized carbons (Fsp3) is 0.600. The van der Waals surface area contributed by atoms with Crippen LogP contribution in [0.2, 0.25) is 0 Å². The summed E-state index contributed by atoms with van der Waals surface area (Å²) in [6.07, 6.45) is 3.65. The first-order chi connectivity index (χ1) is 8.07. The van der Waals surface area contributed by atoms with E-state index < -0.39 is 5.60 Å². The highest BCUT2D eigenvalue weighted by Gasteiger charge is 2.21. The molecule has 0 amide bonds. The highest BCUT2D eigenvalue weighted by atomic mass is 16.3. The van der Waals surface area contributed by atoms with Crippen LogP contribution in [0, 0.1) is 5.92 Å². The molecule has 1 atom stereocenters. The van der Waals surface area contributed by atoms with Gasteiger partial charge in [0.05, 0.1) is 5.60 Å². The van der Waals surface area contributed by atoms with Crippen molar-refractivity contribution >= 4 is 0 Å². The lowest BCUT2D eigenvalue weighted by atomic mass is 9.86. The summed E-state index contributed by atoms with van der Waals surface area (Å²) in [5, 5.41) is 13.6. The zero-order valence-corrected chi connectivity index (χ0v) is 10.9. The van der Waals surface area contributed by atoms with E-state index in [4.69, 9.17) is 0 Å². The minimum absolute atomic E-state index is 0.715. The van der Waals surface area contributed by atoms with Crippen molar-refractivity contribution in [3.63, 3.8) is 0 Å². The molecule has 0 aliphatic carbocycles. The van der Waals surface area contributed by atoms with Crippen molar-refractivity contribution in [2.24, 2.45) is 5.92 Å². The summed E-state index contributed by atoms with van der Waals surface area (Å²) in [6.45, 7) is 6.00. The lowest BCUT2D eigenvalue weighted by molar-refractivity contribution is 0.0773. The minimum atomic E-state index is -0.737. The zero-order chi connectivity index (χ0) is 12.3. The Morgan fingerprint density at radius 3 is 2.76 bits per heavy atom. The van der Waals surface area contributed by atoms with Gasteiger partial charge in [0.1, 0.15) is 0 Å². The standard InChI is InChI=1S/C15H23NO/c1-15(2,17)14-8-4-3-7-13(14)10-12-6-5-9-16-11-12/h3-4,7-8,12,16-17H,5-6,9-11H2,1-2H3. The molecule has 2 heteroatoms. The highest BCUT2D eigenvalue weighted by Crippen LogP contribution is 2.26. The van der Waals surface area contributed by atoms with E-state index in [1.165, 1.54) is 18.4 Å². The Bertz CT molecular complexity index is 361. The third-order valence-corrected chi connectivity index (χ3v) is 3.58. The second kappa shape index (κ2) is 5.19. The molecule has 1 aromatic carbocycles. The monoisotopic (exact) mass is 233 g/mol. The molecule has 2 rings (SSSR count). The minimum Gasteiger partial charge on any atom is -0.386 e. The van der Waals surface area contributed by atoms with Gasteiger partial charge in [-0.05, 0) is 63.2 Å². The van der Waals surface area contributed by atoms with Crippen LogP contribution in [0.5, 0.6) is 0 Å². The maximum Gasteiger partial charge on any atom is 0.0843 e. The van der Waals surface area contributed by atoms with Crippen molar-refractivity contribution in [2.75, 3.05) is 13.1 Å². The average Bonchev–Trinajstić information content (AvgIpc) is 2.30. The van der Waals surface area contributed by atoms with Gasteiger partial charge in [0.15, 0.2) is 0 Å². The summed E-state index contributed by atoms with van der Waals surface area (Å²) >= 11 is 0. The van der Waals surface area contributed by atoms with Crippen LogP contribution in [-0.4, -0.2) is 18.2 Å². The third kappa shape index (κ3) is 3.30. The number of hydrogen-bond acceptors (Lipinski definition) is 2. The van der Waals surface area contributed by atoms with E-state index in [0.29, 0.717) is 5.92 Å². The predicted molar refractivity (Wildman–Crippen MR) is 71.0 cm³/mol. The van der Waals surface area contributed by atoms with Crippen LogP contribution in [0.4, 0.5) is 0 Å². The fourth-order valence-corrected chi connectivity index (χ4v) is 2.70. The summed E-state index contributed by atoms with van der Waals surface area (Å²) in [7, 11) is 0. The molecule has 17 heavy (non-hydrogen) atoms. The van der Waals surface area contributed by atoms with Crippen LogP contribution in [0.25, 0.3) is 0 Å². The highest BCUT2D eigenvalue weighted by molar-refractivity contribution is 5.31. The molecular formula is C15H23NO. The molecule has 1 unspecified atom stereocenters. The lowest BCUT2D eigenvalue weighted by Crippen LogP contribution is -2.31.